The Balaban J connectivity index is 2.32. The topological polar surface area (TPSA) is 91.2 Å². The first-order chi connectivity index (χ1) is 8.69. The minimum Gasteiger partial charge on any atom is -0.465 e. The first kappa shape index (κ1) is 10.5. The van der Waals surface area contributed by atoms with Gasteiger partial charge in [0.05, 0.1) is 18.1 Å². The second kappa shape index (κ2) is 3.69. The number of rotatable bonds is 1. The monoisotopic (exact) mass is 243 g/mol. The molecule has 0 spiro atoms. The van der Waals surface area contributed by atoms with Crippen molar-refractivity contribution >= 4 is 34.0 Å². The largest absolute Gasteiger partial charge is 0.465 e. The Kier molecular flexibility index (Phi) is 2.16. The SMILES string of the molecule is COC(=O)c1ccc2oc3nc(N)ncc3c2c1. The van der Waals surface area contributed by atoms with Crippen LogP contribution in [-0.2, 0) is 4.74 Å². The molecular weight excluding hydrogens is 234 g/mol. The van der Waals surface area contributed by atoms with E-state index in [2.05, 4.69) is 14.7 Å². The predicted molar refractivity (Wildman–Crippen MR) is 65.1 cm³/mol. The van der Waals surface area contributed by atoms with Gasteiger partial charge in [-0.25, -0.2) is 9.78 Å². The summed E-state index contributed by atoms with van der Waals surface area (Å²) in [4.78, 5) is 19.4. The number of carbonyl (C=O) groups excluding carboxylic acids is 1. The number of nitrogens with two attached hydrogens (primary N) is 1. The molecule has 2 N–H and O–H groups in total. The normalized spacial score (nSPS) is 10.9. The summed E-state index contributed by atoms with van der Waals surface area (Å²) in [6.07, 6.45) is 1.57. The van der Waals surface area contributed by atoms with Crippen LogP contribution in [0.25, 0.3) is 22.1 Å². The maximum Gasteiger partial charge on any atom is 0.337 e. The van der Waals surface area contributed by atoms with Crippen LogP contribution in [0.5, 0.6) is 0 Å². The van der Waals surface area contributed by atoms with Crippen molar-refractivity contribution in [2.24, 2.45) is 0 Å². The van der Waals surface area contributed by atoms with Crippen LogP contribution in [-0.4, -0.2) is 23.0 Å². The molecule has 0 unspecified atom stereocenters. The average molecular weight is 243 g/mol. The molecule has 3 rings (SSSR count). The number of fused-ring (bicyclic) bond motifs is 3. The van der Waals surface area contributed by atoms with E-state index in [1.54, 1.807) is 24.4 Å². The highest BCUT2D eigenvalue weighted by Gasteiger charge is 2.12. The number of aromatic nitrogens is 2. The Bertz CT molecular complexity index is 764. The Morgan fingerprint density at radius 2 is 2.22 bits per heavy atom. The van der Waals surface area contributed by atoms with Crippen molar-refractivity contribution in [3.8, 4) is 0 Å². The van der Waals surface area contributed by atoms with Gasteiger partial charge in [0.15, 0.2) is 0 Å². The van der Waals surface area contributed by atoms with Crippen molar-refractivity contribution in [2.75, 3.05) is 12.8 Å². The number of carbonyl (C=O) groups is 1. The van der Waals surface area contributed by atoms with Gasteiger partial charge in [-0.05, 0) is 18.2 Å². The van der Waals surface area contributed by atoms with Crippen molar-refractivity contribution in [1.82, 2.24) is 9.97 Å². The highest BCUT2D eigenvalue weighted by Crippen LogP contribution is 2.28. The molecule has 0 saturated heterocycles. The first-order valence-electron chi connectivity index (χ1n) is 5.22. The predicted octanol–water partition coefficient (Wildman–Crippen LogP) is 1.74. The zero-order valence-corrected chi connectivity index (χ0v) is 9.51. The maximum atomic E-state index is 11.5. The van der Waals surface area contributed by atoms with E-state index in [-0.39, 0.29) is 5.95 Å². The van der Waals surface area contributed by atoms with Crippen LogP contribution in [0.3, 0.4) is 0 Å². The van der Waals surface area contributed by atoms with E-state index in [0.29, 0.717) is 22.2 Å². The van der Waals surface area contributed by atoms with E-state index in [9.17, 15) is 4.79 Å². The van der Waals surface area contributed by atoms with Crippen molar-refractivity contribution in [3.63, 3.8) is 0 Å². The van der Waals surface area contributed by atoms with Crippen LogP contribution >= 0.6 is 0 Å². The van der Waals surface area contributed by atoms with Gasteiger partial charge in [0.1, 0.15) is 5.58 Å². The molecule has 2 aromatic heterocycles. The number of hydrogen-bond donors (Lipinski definition) is 1. The molecule has 1 aromatic carbocycles. The minimum absolute atomic E-state index is 0.148. The third-order valence-electron chi connectivity index (χ3n) is 2.67. The van der Waals surface area contributed by atoms with Crippen LogP contribution in [0.4, 0.5) is 5.95 Å². The average Bonchev–Trinajstić information content (AvgIpc) is 2.74. The van der Waals surface area contributed by atoms with Gasteiger partial charge in [-0.15, -0.1) is 0 Å². The molecule has 0 fully saturated rings. The fourth-order valence-corrected chi connectivity index (χ4v) is 1.82. The summed E-state index contributed by atoms with van der Waals surface area (Å²) in [5.74, 6) is -0.252. The maximum absolute atomic E-state index is 11.5. The molecule has 0 aliphatic carbocycles. The second-order valence-electron chi connectivity index (χ2n) is 3.75. The number of nitrogens with zero attached hydrogens (tertiary/aromatic N) is 2. The van der Waals surface area contributed by atoms with E-state index in [1.807, 2.05) is 0 Å². The molecule has 18 heavy (non-hydrogen) atoms. The summed E-state index contributed by atoms with van der Waals surface area (Å²) in [6, 6.07) is 5.01. The fourth-order valence-electron chi connectivity index (χ4n) is 1.82. The van der Waals surface area contributed by atoms with Crippen LogP contribution in [0, 0.1) is 0 Å². The lowest BCUT2D eigenvalue weighted by Crippen LogP contribution is -2.00. The van der Waals surface area contributed by atoms with Gasteiger partial charge >= 0.3 is 5.97 Å². The standard InChI is InChI=1S/C12H9N3O3/c1-17-11(16)6-2-3-9-7(4-6)8-5-14-12(13)15-10(8)18-9/h2-5H,1H3,(H2,13,14,15). The third kappa shape index (κ3) is 1.46. The van der Waals surface area contributed by atoms with Crippen LogP contribution in [0.1, 0.15) is 10.4 Å². The molecule has 3 aromatic rings. The van der Waals surface area contributed by atoms with E-state index in [4.69, 9.17) is 10.2 Å². The van der Waals surface area contributed by atoms with Gasteiger partial charge in [0, 0.05) is 11.6 Å². The Hall–Kier alpha value is -2.63. The zero-order chi connectivity index (χ0) is 12.7. The smallest absolute Gasteiger partial charge is 0.337 e. The van der Waals surface area contributed by atoms with Crippen LogP contribution in [0.15, 0.2) is 28.8 Å². The number of furan rings is 1. The fraction of sp³-hybridized carbons (Fsp3) is 0.0833. The molecular formula is C12H9N3O3. The van der Waals surface area contributed by atoms with E-state index in [0.717, 1.165) is 5.39 Å². The van der Waals surface area contributed by atoms with Gasteiger partial charge in [-0.2, -0.15) is 4.98 Å². The van der Waals surface area contributed by atoms with Crippen molar-refractivity contribution in [1.29, 1.82) is 0 Å². The number of ether oxygens (including phenoxy) is 1. The third-order valence-corrected chi connectivity index (χ3v) is 2.67. The van der Waals surface area contributed by atoms with Gasteiger partial charge in [-0.1, -0.05) is 0 Å². The summed E-state index contributed by atoms with van der Waals surface area (Å²) in [5.41, 5.74) is 6.96. The van der Waals surface area contributed by atoms with E-state index < -0.39 is 5.97 Å². The summed E-state index contributed by atoms with van der Waals surface area (Å²) in [7, 11) is 1.34. The number of methoxy groups -OCH3 is 1. The number of hydrogen-bond acceptors (Lipinski definition) is 6. The molecule has 6 heteroatoms. The van der Waals surface area contributed by atoms with Gasteiger partial charge in [0.25, 0.3) is 0 Å². The summed E-state index contributed by atoms with van der Waals surface area (Å²) in [6.45, 7) is 0. The van der Waals surface area contributed by atoms with Crippen LogP contribution < -0.4 is 5.73 Å². The molecule has 6 nitrogen and oxygen atoms in total. The highest BCUT2D eigenvalue weighted by atomic mass is 16.5. The number of benzene rings is 1. The molecule has 0 radical (unpaired) electrons. The molecule has 0 amide bonds. The zero-order valence-electron chi connectivity index (χ0n) is 9.51. The van der Waals surface area contributed by atoms with Crippen molar-refractivity contribution < 1.29 is 13.9 Å². The van der Waals surface area contributed by atoms with E-state index in [1.165, 1.54) is 7.11 Å². The van der Waals surface area contributed by atoms with Gasteiger partial charge in [-0.3, -0.25) is 0 Å². The van der Waals surface area contributed by atoms with E-state index >= 15 is 0 Å². The summed E-state index contributed by atoms with van der Waals surface area (Å²) < 4.78 is 10.2. The Morgan fingerprint density at radius 3 is 3.00 bits per heavy atom. The minimum atomic E-state index is -0.400. The second-order valence-corrected chi connectivity index (χ2v) is 3.75. The quantitative estimate of drug-likeness (QED) is 0.654. The summed E-state index contributed by atoms with van der Waals surface area (Å²) in [5, 5.41) is 1.47. The van der Waals surface area contributed by atoms with Crippen LogP contribution in [0.2, 0.25) is 0 Å². The first-order valence-corrected chi connectivity index (χ1v) is 5.22. The highest BCUT2D eigenvalue weighted by molar-refractivity contribution is 6.06. The molecule has 2 heterocycles. The number of esters is 1. The Morgan fingerprint density at radius 1 is 1.39 bits per heavy atom. The molecule has 0 atom stereocenters. The molecule has 0 aliphatic rings. The Labute approximate surface area is 101 Å². The van der Waals surface area contributed by atoms with Gasteiger partial charge < -0.3 is 14.9 Å². The molecule has 90 valence electrons. The summed E-state index contributed by atoms with van der Waals surface area (Å²) >= 11 is 0. The molecule has 0 aliphatic heterocycles. The van der Waals surface area contributed by atoms with Crippen molar-refractivity contribution in [2.45, 2.75) is 0 Å². The molecule has 0 bridgehead atoms. The number of anilines is 1. The molecule has 0 saturated carbocycles. The lowest BCUT2D eigenvalue weighted by molar-refractivity contribution is 0.0601. The van der Waals surface area contributed by atoms with Gasteiger partial charge in [0.2, 0.25) is 11.7 Å². The lowest BCUT2D eigenvalue weighted by Gasteiger charge is -1.97. The number of nitrogen functional groups attached to an aromatic ring is 1. The lowest BCUT2D eigenvalue weighted by atomic mass is 10.1. The van der Waals surface area contributed by atoms with Crippen molar-refractivity contribution in [3.05, 3.63) is 30.0 Å².